The van der Waals surface area contributed by atoms with Crippen LogP contribution in [0.5, 0.6) is 0 Å². The predicted molar refractivity (Wildman–Crippen MR) is 81.1 cm³/mol. The summed E-state index contributed by atoms with van der Waals surface area (Å²) in [5, 5.41) is 1.98. The van der Waals surface area contributed by atoms with Gasteiger partial charge in [-0.2, -0.15) is 0 Å². The molecule has 0 radical (unpaired) electrons. The molecule has 6 heteroatoms. The molecule has 0 N–H and O–H groups in total. The molecular weight excluding hydrogens is 271 g/mol. The summed E-state index contributed by atoms with van der Waals surface area (Å²) in [6.45, 7) is 8.18. The highest BCUT2D eigenvalue weighted by atomic mass is 32.1. The minimum atomic E-state index is -0.364. The van der Waals surface area contributed by atoms with E-state index in [4.69, 9.17) is 9.31 Å². The van der Waals surface area contributed by atoms with Crippen LogP contribution in [-0.4, -0.2) is 28.3 Å². The summed E-state index contributed by atoms with van der Waals surface area (Å²) in [4.78, 5) is 8.70. The maximum absolute atomic E-state index is 6.00. The number of nitrogens with zero attached hydrogens (tertiary/aromatic N) is 2. The van der Waals surface area contributed by atoms with Gasteiger partial charge in [-0.15, -0.1) is 11.3 Å². The Hall–Kier alpha value is -1.24. The summed E-state index contributed by atoms with van der Waals surface area (Å²) < 4.78 is 12.0. The van der Waals surface area contributed by atoms with Crippen molar-refractivity contribution < 1.29 is 9.31 Å². The van der Waals surface area contributed by atoms with Gasteiger partial charge in [0, 0.05) is 17.0 Å². The number of pyridine rings is 1. The molecule has 0 amide bonds. The Morgan fingerprint density at radius 1 is 1.00 bits per heavy atom. The molecule has 1 aliphatic rings. The number of hydrogen-bond acceptors (Lipinski definition) is 5. The van der Waals surface area contributed by atoms with Crippen LogP contribution in [0.15, 0.2) is 29.2 Å². The van der Waals surface area contributed by atoms with Crippen LogP contribution in [0, 0.1) is 0 Å². The number of aromatic nitrogens is 2. The first-order chi connectivity index (χ1) is 9.39. The largest absolute Gasteiger partial charge is 0.496 e. The van der Waals surface area contributed by atoms with Gasteiger partial charge < -0.3 is 9.31 Å². The van der Waals surface area contributed by atoms with Crippen LogP contribution in [-0.2, 0) is 9.31 Å². The first kappa shape index (κ1) is 13.7. The molecule has 0 aromatic carbocycles. The fourth-order valence-corrected chi connectivity index (χ4v) is 2.56. The Morgan fingerprint density at radius 2 is 1.70 bits per heavy atom. The molecule has 0 bridgehead atoms. The average Bonchev–Trinajstić information content (AvgIpc) is 2.97. The van der Waals surface area contributed by atoms with Crippen LogP contribution in [0.25, 0.3) is 11.4 Å². The van der Waals surface area contributed by atoms with Crippen molar-refractivity contribution in [2.75, 3.05) is 0 Å². The minimum Gasteiger partial charge on any atom is -0.399 e. The molecule has 1 fully saturated rings. The van der Waals surface area contributed by atoms with Gasteiger partial charge in [-0.3, -0.25) is 4.98 Å². The fraction of sp³-hybridized carbons (Fsp3) is 0.429. The van der Waals surface area contributed by atoms with E-state index in [-0.39, 0.29) is 18.3 Å². The smallest absolute Gasteiger partial charge is 0.399 e. The van der Waals surface area contributed by atoms with Crippen molar-refractivity contribution in [2.24, 2.45) is 0 Å². The molecule has 3 rings (SSSR count). The van der Waals surface area contributed by atoms with Crippen molar-refractivity contribution in [1.82, 2.24) is 9.97 Å². The summed E-state index contributed by atoms with van der Waals surface area (Å²) in [6, 6.07) is 3.94. The molecule has 4 nitrogen and oxygen atoms in total. The highest BCUT2D eigenvalue weighted by Gasteiger charge is 2.51. The monoisotopic (exact) mass is 288 g/mol. The number of hydrogen-bond donors (Lipinski definition) is 0. The van der Waals surface area contributed by atoms with Crippen LogP contribution in [0.1, 0.15) is 27.7 Å². The normalized spacial score (nSPS) is 20.3. The topological polar surface area (TPSA) is 44.2 Å². The molecule has 0 unspecified atom stereocenters. The van der Waals surface area contributed by atoms with Gasteiger partial charge in [0.2, 0.25) is 0 Å². The first-order valence-electron chi connectivity index (χ1n) is 6.59. The summed E-state index contributed by atoms with van der Waals surface area (Å²) in [7, 11) is -0.364. The second-order valence-electron chi connectivity index (χ2n) is 5.94. The molecule has 104 valence electrons. The lowest BCUT2D eigenvalue weighted by Gasteiger charge is -2.32. The molecule has 2 aromatic rings. The minimum absolute atomic E-state index is 0.328. The highest BCUT2D eigenvalue weighted by Crippen LogP contribution is 2.36. The fourth-order valence-electron chi connectivity index (χ4n) is 2.01. The predicted octanol–water partition coefficient (Wildman–Crippen LogP) is 2.50. The Morgan fingerprint density at radius 3 is 2.20 bits per heavy atom. The third-order valence-corrected chi connectivity index (χ3v) is 4.59. The second-order valence-corrected chi connectivity index (χ2v) is 6.66. The third-order valence-electron chi connectivity index (χ3n) is 4.01. The Bertz CT molecular complexity index is 580. The number of rotatable bonds is 2. The molecule has 0 atom stereocenters. The zero-order valence-electron chi connectivity index (χ0n) is 12.1. The lowest BCUT2D eigenvalue weighted by Crippen LogP contribution is -2.41. The van der Waals surface area contributed by atoms with Crippen LogP contribution in [0.3, 0.4) is 0 Å². The van der Waals surface area contributed by atoms with Crippen LogP contribution < -0.4 is 5.46 Å². The lowest BCUT2D eigenvalue weighted by molar-refractivity contribution is 0.00578. The van der Waals surface area contributed by atoms with Crippen LogP contribution in [0.4, 0.5) is 0 Å². The van der Waals surface area contributed by atoms with E-state index < -0.39 is 0 Å². The second kappa shape index (κ2) is 4.65. The maximum Gasteiger partial charge on any atom is 0.496 e. The first-order valence-corrected chi connectivity index (χ1v) is 7.53. The van der Waals surface area contributed by atoms with Gasteiger partial charge in [-0.05, 0) is 33.8 Å². The lowest BCUT2D eigenvalue weighted by atomic mass is 9.80. The van der Waals surface area contributed by atoms with Crippen molar-refractivity contribution in [2.45, 2.75) is 38.9 Å². The molecule has 3 heterocycles. The average molecular weight is 288 g/mol. The van der Waals surface area contributed by atoms with Crippen molar-refractivity contribution in [3.8, 4) is 11.4 Å². The quantitative estimate of drug-likeness (QED) is 0.796. The zero-order valence-corrected chi connectivity index (χ0v) is 12.9. The Balaban J connectivity index is 1.83. The third kappa shape index (κ3) is 2.28. The molecule has 0 spiro atoms. The van der Waals surface area contributed by atoms with E-state index in [1.807, 2.05) is 45.2 Å². The summed E-state index contributed by atoms with van der Waals surface area (Å²) in [5.74, 6) is 0. The van der Waals surface area contributed by atoms with Gasteiger partial charge in [-0.25, -0.2) is 4.98 Å². The van der Waals surface area contributed by atoms with E-state index in [0.717, 1.165) is 16.9 Å². The summed E-state index contributed by atoms with van der Waals surface area (Å²) in [5.41, 5.74) is 3.85. The van der Waals surface area contributed by atoms with Crippen molar-refractivity contribution in [3.63, 3.8) is 0 Å². The molecule has 0 saturated carbocycles. The van der Waals surface area contributed by atoms with E-state index in [2.05, 4.69) is 9.97 Å². The number of thiazole rings is 1. The van der Waals surface area contributed by atoms with Gasteiger partial charge in [0.05, 0.1) is 28.1 Å². The van der Waals surface area contributed by atoms with Gasteiger partial charge in [0.25, 0.3) is 0 Å². The summed E-state index contributed by atoms with van der Waals surface area (Å²) >= 11 is 1.56. The van der Waals surface area contributed by atoms with E-state index >= 15 is 0 Å². The van der Waals surface area contributed by atoms with Crippen molar-refractivity contribution in [1.29, 1.82) is 0 Å². The zero-order chi connectivity index (χ0) is 14.4. The highest BCUT2D eigenvalue weighted by molar-refractivity contribution is 7.07. The molecule has 0 aliphatic carbocycles. The molecule has 1 saturated heterocycles. The van der Waals surface area contributed by atoms with E-state index in [0.29, 0.717) is 0 Å². The van der Waals surface area contributed by atoms with E-state index in [9.17, 15) is 0 Å². The Kier molecular flexibility index (Phi) is 3.19. The van der Waals surface area contributed by atoms with Crippen LogP contribution >= 0.6 is 11.3 Å². The van der Waals surface area contributed by atoms with Crippen LogP contribution in [0.2, 0.25) is 0 Å². The van der Waals surface area contributed by atoms with E-state index in [1.54, 1.807) is 23.0 Å². The van der Waals surface area contributed by atoms with Gasteiger partial charge in [0.15, 0.2) is 0 Å². The van der Waals surface area contributed by atoms with Crippen molar-refractivity contribution >= 4 is 23.9 Å². The van der Waals surface area contributed by atoms with Gasteiger partial charge in [-0.1, -0.05) is 6.07 Å². The standard InChI is InChI=1S/C14H17BN2O2S/c1-13(2)14(3,4)19-15(18-13)10-5-6-11(16-7-10)12-8-20-9-17-12/h5-9H,1-4H3. The SMILES string of the molecule is CC1(C)OB(c2ccc(-c3cscn3)nc2)OC1(C)C. The van der Waals surface area contributed by atoms with Crippen molar-refractivity contribution in [3.05, 3.63) is 29.2 Å². The van der Waals surface area contributed by atoms with E-state index in [1.165, 1.54) is 0 Å². The summed E-state index contributed by atoms with van der Waals surface area (Å²) in [6.07, 6.45) is 1.80. The van der Waals surface area contributed by atoms with Gasteiger partial charge in [0.1, 0.15) is 0 Å². The molecule has 20 heavy (non-hydrogen) atoms. The molecule has 1 aliphatic heterocycles. The maximum atomic E-state index is 6.00. The van der Waals surface area contributed by atoms with Gasteiger partial charge >= 0.3 is 7.12 Å². The molecule has 2 aromatic heterocycles. The molecular formula is C14H17BN2O2S. The Labute approximate surface area is 123 Å².